The van der Waals surface area contributed by atoms with Gasteiger partial charge in [0, 0.05) is 31.7 Å². The molecule has 2 aromatic rings. The molecule has 1 unspecified atom stereocenters. The zero-order valence-corrected chi connectivity index (χ0v) is 17.3. The summed E-state index contributed by atoms with van der Waals surface area (Å²) in [5.41, 5.74) is 2.98. The van der Waals surface area contributed by atoms with Crippen LogP contribution in [0, 0.1) is 5.41 Å². The van der Waals surface area contributed by atoms with Gasteiger partial charge in [0.1, 0.15) is 5.75 Å². The van der Waals surface area contributed by atoms with Gasteiger partial charge in [-0.2, -0.15) is 0 Å². The lowest BCUT2D eigenvalue weighted by Crippen LogP contribution is -2.53. The van der Waals surface area contributed by atoms with E-state index in [1.165, 1.54) is 0 Å². The Morgan fingerprint density at radius 3 is 2.48 bits per heavy atom. The molecule has 1 N–H and O–H groups in total. The Balaban J connectivity index is 1.45. The van der Waals surface area contributed by atoms with E-state index in [1.54, 1.807) is 7.11 Å². The summed E-state index contributed by atoms with van der Waals surface area (Å²) in [5.74, 6) is 0.918. The maximum absolute atomic E-state index is 13.1. The third kappa shape index (κ3) is 4.31. The fourth-order valence-electron chi connectivity index (χ4n) is 4.97. The summed E-state index contributed by atoms with van der Waals surface area (Å²) in [4.78, 5) is 17.3. The van der Waals surface area contributed by atoms with Gasteiger partial charge in [0.25, 0.3) is 5.91 Å². The smallest absolute Gasteiger partial charge is 0.253 e. The van der Waals surface area contributed by atoms with Crippen molar-refractivity contribution >= 4 is 5.91 Å². The summed E-state index contributed by atoms with van der Waals surface area (Å²) < 4.78 is 5.23. The first-order chi connectivity index (χ1) is 14.0. The van der Waals surface area contributed by atoms with Gasteiger partial charge in [-0.25, -0.2) is 0 Å². The number of carbonyl (C=O) groups excluding carboxylic acids is 1. The van der Waals surface area contributed by atoms with E-state index < -0.39 is 0 Å². The van der Waals surface area contributed by atoms with Crippen LogP contribution in [0.1, 0.15) is 29.6 Å². The van der Waals surface area contributed by atoms with Gasteiger partial charge in [-0.3, -0.25) is 4.79 Å². The number of hydrogen-bond acceptors (Lipinski definition) is 4. The van der Waals surface area contributed by atoms with E-state index in [9.17, 15) is 9.90 Å². The molecular weight excluding hydrogens is 364 g/mol. The molecule has 2 saturated heterocycles. The van der Waals surface area contributed by atoms with Gasteiger partial charge in [-0.15, -0.1) is 0 Å². The average Bonchev–Trinajstić information content (AvgIpc) is 2.73. The van der Waals surface area contributed by atoms with Crippen LogP contribution in [-0.4, -0.2) is 67.3 Å². The van der Waals surface area contributed by atoms with Crippen molar-refractivity contribution in [3.8, 4) is 16.9 Å². The molecule has 2 fully saturated rings. The number of likely N-dealkylation sites (N-methyl/N-ethyl adjacent to an activating group) is 1. The molecule has 5 heteroatoms. The summed E-state index contributed by atoms with van der Waals surface area (Å²) in [6.45, 7) is 3.28. The molecule has 2 heterocycles. The lowest BCUT2D eigenvalue weighted by molar-refractivity contribution is -0.0286. The van der Waals surface area contributed by atoms with E-state index in [1.807, 2.05) is 53.4 Å². The Bertz CT molecular complexity index is 845. The van der Waals surface area contributed by atoms with E-state index in [2.05, 4.69) is 11.9 Å². The molecule has 0 aliphatic carbocycles. The zero-order chi connectivity index (χ0) is 20.4. The molecule has 1 spiro atoms. The molecule has 2 aromatic carbocycles. The highest BCUT2D eigenvalue weighted by Crippen LogP contribution is 2.39. The summed E-state index contributed by atoms with van der Waals surface area (Å²) in [7, 11) is 3.73. The standard InChI is InChI=1S/C24H30N2O3/c1-25-16-21(27)15-24(17-25)10-12-26(13-11-24)23(28)20-5-3-4-19(14-20)18-6-8-22(29-2)9-7-18/h3-9,14,21,27H,10-13,15-17H2,1-2H3. The lowest BCUT2D eigenvalue weighted by Gasteiger charge is -2.48. The van der Waals surface area contributed by atoms with Crippen LogP contribution in [0.5, 0.6) is 5.75 Å². The Kier molecular flexibility index (Phi) is 5.61. The van der Waals surface area contributed by atoms with Gasteiger partial charge in [-0.05, 0) is 67.1 Å². The highest BCUT2D eigenvalue weighted by Gasteiger charge is 2.41. The second kappa shape index (κ2) is 8.17. The Labute approximate surface area is 172 Å². The summed E-state index contributed by atoms with van der Waals surface area (Å²) in [6, 6.07) is 15.8. The van der Waals surface area contributed by atoms with Gasteiger partial charge in [-0.1, -0.05) is 24.3 Å². The molecule has 0 radical (unpaired) electrons. The monoisotopic (exact) mass is 394 g/mol. The molecule has 2 aliphatic heterocycles. The number of β-amino-alcohol motifs (C(OH)–C–C–N with tert-alkyl or cyclic N) is 1. The van der Waals surface area contributed by atoms with Crippen LogP contribution in [0.25, 0.3) is 11.1 Å². The van der Waals surface area contributed by atoms with E-state index in [0.29, 0.717) is 0 Å². The first-order valence-corrected chi connectivity index (χ1v) is 10.4. The lowest BCUT2D eigenvalue weighted by atomic mass is 9.71. The van der Waals surface area contributed by atoms with Crippen molar-refractivity contribution in [3.05, 3.63) is 54.1 Å². The third-order valence-electron chi connectivity index (χ3n) is 6.44. The number of rotatable bonds is 3. The zero-order valence-electron chi connectivity index (χ0n) is 17.3. The number of nitrogens with zero attached hydrogens (tertiary/aromatic N) is 2. The minimum absolute atomic E-state index is 0.0972. The van der Waals surface area contributed by atoms with Gasteiger partial charge < -0.3 is 19.6 Å². The number of amides is 1. The van der Waals surface area contributed by atoms with Crippen LogP contribution in [0.15, 0.2) is 48.5 Å². The molecule has 5 nitrogen and oxygen atoms in total. The van der Waals surface area contributed by atoms with Crippen molar-refractivity contribution in [1.82, 2.24) is 9.80 Å². The van der Waals surface area contributed by atoms with Crippen molar-refractivity contribution in [1.29, 1.82) is 0 Å². The fourth-order valence-corrected chi connectivity index (χ4v) is 4.97. The fraction of sp³-hybridized carbons (Fsp3) is 0.458. The van der Waals surface area contributed by atoms with Crippen LogP contribution in [-0.2, 0) is 0 Å². The number of methoxy groups -OCH3 is 1. The SMILES string of the molecule is COc1ccc(-c2cccc(C(=O)N3CCC4(CC3)CC(O)CN(C)C4)c2)cc1. The van der Waals surface area contributed by atoms with Gasteiger partial charge in [0.15, 0.2) is 0 Å². The summed E-state index contributed by atoms with van der Waals surface area (Å²) in [6.07, 6.45) is 2.51. The predicted octanol–water partition coefficient (Wildman–Crippen LogP) is 3.28. The molecule has 0 aromatic heterocycles. The van der Waals surface area contributed by atoms with Crippen LogP contribution >= 0.6 is 0 Å². The third-order valence-corrected chi connectivity index (χ3v) is 6.44. The normalized spacial score (nSPS) is 21.9. The number of aliphatic hydroxyl groups excluding tert-OH is 1. The molecule has 29 heavy (non-hydrogen) atoms. The molecule has 2 aliphatic rings. The van der Waals surface area contributed by atoms with E-state index in [-0.39, 0.29) is 17.4 Å². The maximum atomic E-state index is 13.1. The van der Waals surface area contributed by atoms with Gasteiger partial charge in [0.2, 0.25) is 0 Å². The first-order valence-electron chi connectivity index (χ1n) is 10.4. The minimum Gasteiger partial charge on any atom is -0.497 e. The van der Waals surface area contributed by atoms with Crippen LogP contribution in [0.4, 0.5) is 0 Å². The Morgan fingerprint density at radius 2 is 1.83 bits per heavy atom. The Morgan fingerprint density at radius 1 is 1.10 bits per heavy atom. The molecule has 0 saturated carbocycles. The molecule has 1 amide bonds. The second-order valence-electron chi connectivity index (χ2n) is 8.66. The number of piperidine rings is 2. The first kappa shape index (κ1) is 19.9. The number of likely N-dealkylation sites (tertiary alicyclic amines) is 2. The molecular formula is C24H30N2O3. The van der Waals surface area contributed by atoms with Crippen LogP contribution < -0.4 is 4.74 Å². The minimum atomic E-state index is -0.253. The predicted molar refractivity (Wildman–Crippen MR) is 114 cm³/mol. The van der Waals surface area contributed by atoms with Crippen molar-refractivity contribution < 1.29 is 14.6 Å². The molecule has 154 valence electrons. The molecule has 0 bridgehead atoms. The number of aliphatic hydroxyl groups is 1. The largest absolute Gasteiger partial charge is 0.497 e. The Hall–Kier alpha value is -2.37. The number of ether oxygens (including phenoxy) is 1. The number of benzene rings is 2. The average molecular weight is 395 g/mol. The quantitative estimate of drug-likeness (QED) is 0.868. The molecule has 1 atom stereocenters. The van der Waals surface area contributed by atoms with Crippen LogP contribution in [0.3, 0.4) is 0 Å². The van der Waals surface area contributed by atoms with E-state index in [4.69, 9.17) is 4.74 Å². The number of hydrogen-bond donors (Lipinski definition) is 1. The van der Waals surface area contributed by atoms with E-state index >= 15 is 0 Å². The van der Waals surface area contributed by atoms with Gasteiger partial charge in [0.05, 0.1) is 13.2 Å². The highest BCUT2D eigenvalue weighted by atomic mass is 16.5. The summed E-state index contributed by atoms with van der Waals surface area (Å²) in [5, 5.41) is 10.2. The van der Waals surface area contributed by atoms with Crippen molar-refractivity contribution in [3.63, 3.8) is 0 Å². The van der Waals surface area contributed by atoms with Crippen molar-refractivity contribution in [2.45, 2.75) is 25.4 Å². The maximum Gasteiger partial charge on any atom is 0.253 e. The second-order valence-corrected chi connectivity index (χ2v) is 8.66. The number of carbonyl (C=O) groups is 1. The highest BCUT2D eigenvalue weighted by molar-refractivity contribution is 5.95. The van der Waals surface area contributed by atoms with E-state index in [0.717, 1.165) is 67.9 Å². The molecule has 4 rings (SSSR count). The topological polar surface area (TPSA) is 53.0 Å². The van der Waals surface area contributed by atoms with Crippen molar-refractivity contribution in [2.75, 3.05) is 40.3 Å². The van der Waals surface area contributed by atoms with Crippen LogP contribution in [0.2, 0.25) is 0 Å². The van der Waals surface area contributed by atoms with Crippen molar-refractivity contribution in [2.24, 2.45) is 5.41 Å². The summed E-state index contributed by atoms with van der Waals surface area (Å²) >= 11 is 0. The van der Waals surface area contributed by atoms with Gasteiger partial charge >= 0.3 is 0 Å².